The van der Waals surface area contributed by atoms with Crippen LogP contribution in [0.15, 0.2) is 36.5 Å². The van der Waals surface area contributed by atoms with Gasteiger partial charge in [0.1, 0.15) is 5.69 Å². The molecule has 0 radical (unpaired) electrons. The number of carboxylic acids is 1. The Labute approximate surface area is 101 Å². The summed E-state index contributed by atoms with van der Waals surface area (Å²) in [6.07, 6.45) is 1.27. The van der Waals surface area contributed by atoms with Crippen LogP contribution < -0.4 is 5.32 Å². The molecule has 0 aliphatic carbocycles. The largest absolute Gasteiger partial charge is 0.477 e. The van der Waals surface area contributed by atoms with Crippen molar-refractivity contribution < 1.29 is 18.7 Å². The lowest BCUT2D eigenvalue weighted by Crippen LogP contribution is -2.02. The molecule has 0 amide bonds. The van der Waals surface area contributed by atoms with E-state index >= 15 is 0 Å². The zero-order chi connectivity index (χ0) is 13.1. The Bertz CT molecular complexity index is 602. The van der Waals surface area contributed by atoms with Gasteiger partial charge in [0.05, 0.1) is 5.69 Å². The number of halogens is 2. The van der Waals surface area contributed by atoms with Gasteiger partial charge in [-0.2, -0.15) is 0 Å². The van der Waals surface area contributed by atoms with E-state index in [2.05, 4.69) is 10.3 Å². The molecule has 1 heterocycles. The molecule has 0 aliphatic heterocycles. The summed E-state index contributed by atoms with van der Waals surface area (Å²) in [7, 11) is 0. The fraction of sp³-hybridized carbons (Fsp3) is 0. The normalized spacial score (nSPS) is 10.1. The van der Waals surface area contributed by atoms with E-state index in [0.29, 0.717) is 5.69 Å². The second kappa shape index (κ2) is 4.79. The fourth-order valence-corrected chi connectivity index (χ4v) is 1.38. The molecule has 0 aliphatic rings. The number of carboxylic acid groups (broad SMARTS) is 1. The smallest absolute Gasteiger partial charge is 0.354 e. The van der Waals surface area contributed by atoms with Crippen molar-refractivity contribution in [3.05, 3.63) is 53.9 Å². The maximum absolute atomic E-state index is 13.4. The van der Waals surface area contributed by atoms with E-state index in [1.165, 1.54) is 30.5 Å². The highest BCUT2D eigenvalue weighted by atomic mass is 19.2. The molecule has 0 spiro atoms. The molecule has 6 heteroatoms. The number of nitrogens with zero attached hydrogens (tertiary/aromatic N) is 1. The number of rotatable bonds is 3. The summed E-state index contributed by atoms with van der Waals surface area (Å²) in [6, 6.07) is 6.37. The molecule has 2 rings (SSSR count). The Hall–Kier alpha value is -2.50. The number of pyridine rings is 1. The Balaban J connectivity index is 2.31. The average molecular weight is 250 g/mol. The Morgan fingerprint density at radius 3 is 2.78 bits per heavy atom. The van der Waals surface area contributed by atoms with Gasteiger partial charge in [0, 0.05) is 11.9 Å². The summed E-state index contributed by atoms with van der Waals surface area (Å²) < 4.78 is 26.3. The van der Waals surface area contributed by atoms with Crippen LogP contribution in [0.1, 0.15) is 10.5 Å². The van der Waals surface area contributed by atoms with Crippen molar-refractivity contribution in [1.82, 2.24) is 4.98 Å². The summed E-state index contributed by atoms with van der Waals surface area (Å²) in [5, 5.41) is 11.3. The second-order valence-electron chi connectivity index (χ2n) is 3.46. The van der Waals surface area contributed by atoms with Crippen molar-refractivity contribution in [2.75, 3.05) is 5.32 Å². The van der Waals surface area contributed by atoms with E-state index in [1.54, 1.807) is 0 Å². The molecular weight excluding hydrogens is 242 g/mol. The van der Waals surface area contributed by atoms with Crippen molar-refractivity contribution in [3.8, 4) is 0 Å². The number of anilines is 2. The number of hydrogen-bond donors (Lipinski definition) is 2. The minimum atomic E-state index is -1.20. The van der Waals surface area contributed by atoms with Crippen molar-refractivity contribution in [2.45, 2.75) is 0 Å². The third-order valence-electron chi connectivity index (χ3n) is 2.21. The van der Waals surface area contributed by atoms with Crippen LogP contribution in [-0.4, -0.2) is 16.1 Å². The van der Waals surface area contributed by atoms with Crippen LogP contribution in [0.25, 0.3) is 0 Å². The first kappa shape index (κ1) is 12.0. The summed E-state index contributed by atoms with van der Waals surface area (Å²) >= 11 is 0. The van der Waals surface area contributed by atoms with Crippen LogP contribution >= 0.6 is 0 Å². The number of carbonyl (C=O) groups is 1. The zero-order valence-electron chi connectivity index (χ0n) is 9.02. The van der Waals surface area contributed by atoms with Crippen molar-refractivity contribution in [1.29, 1.82) is 0 Å². The van der Waals surface area contributed by atoms with E-state index in [0.717, 1.165) is 6.07 Å². The number of aromatic carboxylic acids is 1. The first-order valence-corrected chi connectivity index (χ1v) is 4.98. The van der Waals surface area contributed by atoms with Gasteiger partial charge in [0.15, 0.2) is 11.6 Å². The molecule has 0 bridgehead atoms. The summed E-state index contributed by atoms with van der Waals surface area (Å²) in [5.41, 5.74) is 0.0567. The lowest BCUT2D eigenvalue weighted by Gasteiger charge is -2.08. The first-order chi connectivity index (χ1) is 8.58. The summed E-state index contributed by atoms with van der Waals surface area (Å²) in [5.74, 6) is -3.20. The molecule has 0 fully saturated rings. The van der Waals surface area contributed by atoms with Crippen LogP contribution in [-0.2, 0) is 0 Å². The van der Waals surface area contributed by atoms with Gasteiger partial charge in [-0.1, -0.05) is 6.07 Å². The van der Waals surface area contributed by atoms with Gasteiger partial charge in [-0.05, 0) is 24.3 Å². The third kappa shape index (κ3) is 2.42. The molecule has 18 heavy (non-hydrogen) atoms. The molecule has 0 saturated carbocycles. The van der Waals surface area contributed by atoms with E-state index in [9.17, 15) is 13.6 Å². The predicted molar refractivity (Wildman–Crippen MR) is 60.8 cm³/mol. The second-order valence-corrected chi connectivity index (χ2v) is 3.46. The van der Waals surface area contributed by atoms with Crippen LogP contribution in [0.3, 0.4) is 0 Å². The van der Waals surface area contributed by atoms with Crippen molar-refractivity contribution in [3.63, 3.8) is 0 Å². The number of benzene rings is 1. The highest BCUT2D eigenvalue weighted by molar-refractivity contribution is 5.86. The predicted octanol–water partition coefficient (Wildman–Crippen LogP) is 2.80. The van der Waals surface area contributed by atoms with Crippen LogP contribution in [0.5, 0.6) is 0 Å². The molecule has 0 atom stereocenters. The molecule has 1 aromatic carbocycles. The number of aromatic nitrogens is 1. The Morgan fingerprint density at radius 1 is 1.28 bits per heavy atom. The summed E-state index contributed by atoms with van der Waals surface area (Å²) in [6.45, 7) is 0. The average Bonchev–Trinajstić information content (AvgIpc) is 2.35. The van der Waals surface area contributed by atoms with Gasteiger partial charge in [0.2, 0.25) is 0 Å². The topological polar surface area (TPSA) is 62.2 Å². The molecule has 1 aromatic heterocycles. The SMILES string of the molecule is O=C(O)c1cc(Nc2cccc(F)c2F)ccn1. The molecule has 92 valence electrons. The van der Waals surface area contributed by atoms with Crippen molar-refractivity contribution >= 4 is 17.3 Å². The molecule has 0 unspecified atom stereocenters. The maximum atomic E-state index is 13.4. The molecule has 0 saturated heterocycles. The standard InChI is InChI=1S/C12H8F2N2O2/c13-8-2-1-3-9(11(8)14)16-7-4-5-15-10(6-7)12(17)18/h1-6H,(H,15,16)(H,17,18). The third-order valence-corrected chi connectivity index (χ3v) is 2.21. The lowest BCUT2D eigenvalue weighted by molar-refractivity contribution is 0.0690. The van der Waals surface area contributed by atoms with Gasteiger partial charge >= 0.3 is 5.97 Å². The highest BCUT2D eigenvalue weighted by Gasteiger charge is 2.09. The van der Waals surface area contributed by atoms with E-state index in [4.69, 9.17) is 5.11 Å². The quantitative estimate of drug-likeness (QED) is 0.879. The zero-order valence-corrected chi connectivity index (χ0v) is 9.02. The molecular formula is C12H8F2N2O2. The highest BCUT2D eigenvalue weighted by Crippen LogP contribution is 2.21. The van der Waals surface area contributed by atoms with Crippen LogP contribution in [0.2, 0.25) is 0 Å². The molecule has 2 N–H and O–H groups in total. The van der Waals surface area contributed by atoms with Gasteiger partial charge in [-0.3, -0.25) is 0 Å². The summed E-state index contributed by atoms with van der Waals surface area (Å²) in [4.78, 5) is 14.3. The molecule has 2 aromatic rings. The van der Waals surface area contributed by atoms with Crippen LogP contribution in [0, 0.1) is 11.6 Å². The Kier molecular flexibility index (Phi) is 3.18. The van der Waals surface area contributed by atoms with E-state index < -0.39 is 17.6 Å². The monoisotopic (exact) mass is 250 g/mol. The molecule has 4 nitrogen and oxygen atoms in total. The minimum absolute atomic E-state index is 0.0717. The van der Waals surface area contributed by atoms with Gasteiger partial charge < -0.3 is 10.4 Å². The number of hydrogen-bond acceptors (Lipinski definition) is 3. The lowest BCUT2D eigenvalue weighted by atomic mass is 10.2. The fourth-order valence-electron chi connectivity index (χ4n) is 1.38. The Morgan fingerprint density at radius 2 is 2.06 bits per heavy atom. The van der Waals surface area contributed by atoms with Gasteiger partial charge in [-0.15, -0.1) is 0 Å². The minimum Gasteiger partial charge on any atom is -0.477 e. The van der Waals surface area contributed by atoms with Gasteiger partial charge in [-0.25, -0.2) is 18.6 Å². The van der Waals surface area contributed by atoms with Crippen molar-refractivity contribution in [2.24, 2.45) is 0 Å². The maximum Gasteiger partial charge on any atom is 0.354 e. The first-order valence-electron chi connectivity index (χ1n) is 4.98. The number of nitrogens with one attached hydrogen (secondary N) is 1. The van der Waals surface area contributed by atoms with Gasteiger partial charge in [0.25, 0.3) is 0 Å². The van der Waals surface area contributed by atoms with E-state index in [1.807, 2.05) is 0 Å². The van der Waals surface area contributed by atoms with Crippen LogP contribution in [0.4, 0.5) is 20.2 Å². The van der Waals surface area contributed by atoms with E-state index in [-0.39, 0.29) is 11.4 Å².